The molecule has 116 valence electrons. The molecule has 1 heterocycles. The van der Waals surface area contributed by atoms with E-state index >= 15 is 0 Å². The van der Waals surface area contributed by atoms with Crippen molar-refractivity contribution in [2.24, 2.45) is 5.41 Å². The molecule has 0 aliphatic heterocycles. The zero-order chi connectivity index (χ0) is 15.3. The Balaban J connectivity index is 1.98. The molecule has 0 saturated heterocycles. The summed E-state index contributed by atoms with van der Waals surface area (Å²) in [4.78, 5) is 26.5. The van der Waals surface area contributed by atoms with Crippen LogP contribution in [0.15, 0.2) is 17.5 Å². The molecule has 0 aromatic carbocycles. The van der Waals surface area contributed by atoms with Gasteiger partial charge < -0.3 is 10.0 Å². The maximum absolute atomic E-state index is 12.5. The number of hydrogen-bond acceptors (Lipinski definition) is 3. The predicted octanol–water partition coefficient (Wildman–Crippen LogP) is 3.52. The van der Waals surface area contributed by atoms with Crippen LogP contribution in [-0.4, -0.2) is 28.9 Å². The third-order valence-electron chi connectivity index (χ3n) is 4.37. The van der Waals surface area contributed by atoms with E-state index in [2.05, 4.69) is 0 Å². The SMILES string of the molecule is CN(Cc1cccs1)C(=O)CC1(CC(=O)O)CCCCC1. The van der Waals surface area contributed by atoms with Crippen LogP contribution in [0.4, 0.5) is 0 Å². The van der Waals surface area contributed by atoms with E-state index in [4.69, 9.17) is 5.11 Å². The summed E-state index contributed by atoms with van der Waals surface area (Å²) in [7, 11) is 1.80. The van der Waals surface area contributed by atoms with E-state index in [9.17, 15) is 9.59 Å². The Labute approximate surface area is 129 Å². The van der Waals surface area contributed by atoms with Crippen molar-refractivity contribution in [2.45, 2.75) is 51.5 Å². The number of hydrogen-bond donors (Lipinski definition) is 1. The molecule has 2 rings (SSSR count). The lowest BCUT2D eigenvalue weighted by Gasteiger charge is -2.36. The molecule has 0 bridgehead atoms. The summed E-state index contributed by atoms with van der Waals surface area (Å²) < 4.78 is 0. The van der Waals surface area contributed by atoms with Gasteiger partial charge in [-0.25, -0.2) is 0 Å². The minimum absolute atomic E-state index is 0.0616. The summed E-state index contributed by atoms with van der Waals surface area (Å²) in [5, 5.41) is 11.2. The number of carboxylic acid groups (broad SMARTS) is 1. The second kappa shape index (κ2) is 7.07. The lowest BCUT2D eigenvalue weighted by atomic mass is 9.69. The van der Waals surface area contributed by atoms with Gasteiger partial charge in [-0.05, 0) is 29.7 Å². The van der Waals surface area contributed by atoms with Gasteiger partial charge in [-0.3, -0.25) is 9.59 Å². The van der Waals surface area contributed by atoms with Gasteiger partial charge in [-0.1, -0.05) is 25.3 Å². The molecule has 0 unspecified atom stereocenters. The molecule has 5 heteroatoms. The zero-order valence-electron chi connectivity index (χ0n) is 12.5. The van der Waals surface area contributed by atoms with Gasteiger partial charge in [0.1, 0.15) is 0 Å². The van der Waals surface area contributed by atoms with Crippen LogP contribution in [0.3, 0.4) is 0 Å². The van der Waals surface area contributed by atoms with Crippen molar-refractivity contribution >= 4 is 23.2 Å². The summed E-state index contributed by atoms with van der Waals surface area (Å²) in [6, 6.07) is 3.99. The number of carbonyl (C=O) groups excluding carboxylic acids is 1. The topological polar surface area (TPSA) is 57.6 Å². The van der Waals surface area contributed by atoms with E-state index in [1.807, 2.05) is 17.5 Å². The van der Waals surface area contributed by atoms with Crippen LogP contribution in [0.1, 0.15) is 49.8 Å². The molecule has 1 saturated carbocycles. The molecular weight excluding hydrogens is 286 g/mol. The maximum Gasteiger partial charge on any atom is 0.303 e. The monoisotopic (exact) mass is 309 g/mol. The van der Waals surface area contributed by atoms with Gasteiger partial charge in [-0.2, -0.15) is 0 Å². The molecule has 1 aromatic heterocycles. The summed E-state index contributed by atoms with van der Waals surface area (Å²) in [6.45, 7) is 0.611. The Hall–Kier alpha value is -1.36. The predicted molar refractivity (Wildman–Crippen MR) is 83.2 cm³/mol. The first kappa shape index (κ1) is 16.0. The minimum atomic E-state index is -0.786. The molecule has 1 aliphatic rings. The van der Waals surface area contributed by atoms with Crippen LogP contribution < -0.4 is 0 Å². The highest BCUT2D eigenvalue weighted by atomic mass is 32.1. The summed E-state index contributed by atoms with van der Waals surface area (Å²) in [6.07, 6.45) is 5.42. The number of nitrogens with zero attached hydrogens (tertiary/aromatic N) is 1. The molecule has 1 amide bonds. The van der Waals surface area contributed by atoms with Crippen molar-refractivity contribution in [3.05, 3.63) is 22.4 Å². The van der Waals surface area contributed by atoms with Crippen molar-refractivity contribution in [1.29, 1.82) is 0 Å². The average Bonchev–Trinajstić information content (AvgIpc) is 2.91. The first-order valence-electron chi connectivity index (χ1n) is 7.49. The lowest BCUT2D eigenvalue weighted by molar-refractivity contribution is -0.142. The van der Waals surface area contributed by atoms with Crippen LogP contribution in [0, 0.1) is 5.41 Å². The van der Waals surface area contributed by atoms with Gasteiger partial charge in [0.25, 0.3) is 0 Å². The molecule has 1 aliphatic carbocycles. The molecule has 1 aromatic rings. The molecule has 21 heavy (non-hydrogen) atoms. The number of carboxylic acids is 1. The maximum atomic E-state index is 12.5. The van der Waals surface area contributed by atoms with E-state index in [-0.39, 0.29) is 17.7 Å². The number of thiophene rings is 1. The number of aliphatic carboxylic acids is 1. The highest BCUT2D eigenvalue weighted by Crippen LogP contribution is 2.42. The third kappa shape index (κ3) is 4.56. The largest absolute Gasteiger partial charge is 0.481 e. The van der Waals surface area contributed by atoms with Gasteiger partial charge in [-0.15, -0.1) is 11.3 Å². The van der Waals surface area contributed by atoms with Crippen LogP contribution >= 0.6 is 11.3 Å². The lowest BCUT2D eigenvalue weighted by Crippen LogP contribution is -2.35. The second-order valence-electron chi connectivity index (χ2n) is 6.14. The smallest absolute Gasteiger partial charge is 0.303 e. The Bertz CT molecular complexity index is 478. The van der Waals surface area contributed by atoms with E-state index < -0.39 is 5.97 Å². The fraction of sp³-hybridized carbons (Fsp3) is 0.625. The summed E-state index contributed by atoms with van der Waals surface area (Å²) >= 11 is 1.64. The van der Waals surface area contributed by atoms with Gasteiger partial charge in [0, 0.05) is 18.3 Å². The number of amides is 1. The van der Waals surface area contributed by atoms with Crippen molar-refractivity contribution in [3.8, 4) is 0 Å². The average molecular weight is 309 g/mol. The molecule has 1 N–H and O–H groups in total. The van der Waals surface area contributed by atoms with E-state index in [0.29, 0.717) is 13.0 Å². The first-order valence-corrected chi connectivity index (χ1v) is 8.37. The quantitative estimate of drug-likeness (QED) is 0.874. The standard InChI is InChI=1S/C16H23NO3S/c1-17(12-13-6-5-9-21-13)14(18)10-16(11-15(19)20)7-3-2-4-8-16/h5-6,9H,2-4,7-8,10-12H2,1H3,(H,19,20). The Morgan fingerprint density at radius 3 is 2.57 bits per heavy atom. The van der Waals surface area contributed by atoms with Gasteiger partial charge in [0.05, 0.1) is 13.0 Å². The van der Waals surface area contributed by atoms with E-state index in [1.165, 1.54) is 0 Å². The molecule has 1 fully saturated rings. The molecular formula is C16H23NO3S. The van der Waals surface area contributed by atoms with Crippen molar-refractivity contribution in [1.82, 2.24) is 4.90 Å². The Kier molecular flexibility index (Phi) is 5.39. The van der Waals surface area contributed by atoms with Crippen molar-refractivity contribution in [3.63, 3.8) is 0 Å². The van der Waals surface area contributed by atoms with Crippen molar-refractivity contribution < 1.29 is 14.7 Å². The van der Waals surface area contributed by atoms with Gasteiger partial charge in [0.15, 0.2) is 0 Å². The summed E-state index contributed by atoms with van der Waals surface area (Å²) in [5.74, 6) is -0.725. The molecule has 4 nitrogen and oxygen atoms in total. The van der Waals surface area contributed by atoms with Crippen LogP contribution in [0.25, 0.3) is 0 Å². The fourth-order valence-corrected chi connectivity index (χ4v) is 3.98. The minimum Gasteiger partial charge on any atom is -0.481 e. The third-order valence-corrected chi connectivity index (χ3v) is 5.23. The Morgan fingerprint density at radius 1 is 1.29 bits per heavy atom. The molecule has 0 spiro atoms. The normalized spacial score (nSPS) is 17.4. The van der Waals surface area contributed by atoms with Crippen LogP contribution in [0.2, 0.25) is 0 Å². The van der Waals surface area contributed by atoms with Gasteiger partial charge in [0.2, 0.25) is 5.91 Å². The summed E-state index contributed by atoms with van der Waals surface area (Å²) in [5.41, 5.74) is -0.328. The van der Waals surface area contributed by atoms with Crippen LogP contribution in [-0.2, 0) is 16.1 Å². The van der Waals surface area contributed by atoms with E-state index in [0.717, 1.165) is 37.0 Å². The Morgan fingerprint density at radius 2 is 2.00 bits per heavy atom. The second-order valence-corrected chi connectivity index (χ2v) is 7.17. The van der Waals surface area contributed by atoms with Gasteiger partial charge >= 0.3 is 5.97 Å². The van der Waals surface area contributed by atoms with E-state index in [1.54, 1.807) is 23.3 Å². The first-order chi connectivity index (χ1) is 10.0. The number of rotatable bonds is 6. The number of carbonyl (C=O) groups is 2. The molecule has 0 atom stereocenters. The van der Waals surface area contributed by atoms with Crippen LogP contribution in [0.5, 0.6) is 0 Å². The van der Waals surface area contributed by atoms with Crippen molar-refractivity contribution in [2.75, 3.05) is 7.05 Å². The zero-order valence-corrected chi connectivity index (χ0v) is 13.3. The highest BCUT2D eigenvalue weighted by Gasteiger charge is 2.37. The fourth-order valence-electron chi connectivity index (χ4n) is 3.22. The highest BCUT2D eigenvalue weighted by molar-refractivity contribution is 7.09. The molecule has 0 radical (unpaired) electrons.